The summed E-state index contributed by atoms with van der Waals surface area (Å²) < 4.78 is 6.23. The summed E-state index contributed by atoms with van der Waals surface area (Å²) in [6.45, 7) is 6.37. The molecule has 1 aromatic heterocycles. The largest absolute Gasteiger partial charge is 0.508 e. The molecule has 0 aliphatic carbocycles. The monoisotopic (exact) mass is 382 g/mol. The normalized spacial score (nSPS) is 12.3. The Bertz CT molecular complexity index is 942. The summed E-state index contributed by atoms with van der Waals surface area (Å²) >= 11 is 1.50. The molecule has 0 fully saturated rings. The van der Waals surface area contributed by atoms with E-state index in [4.69, 9.17) is 4.74 Å². The molecule has 0 amide bonds. The fraction of sp³-hybridized carbons (Fsp3) is 0.348. The minimum absolute atomic E-state index is 0.242. The van der Waals surface area contributed by atoms with Crippen LogP contribution >= 0.6 is 11.3 Å². The maximum absolute atomic E-state index is 11.9. The summed E-state index contributed by atoms with van der Waals surface area (Å²) in [5, 5.41) is 10.8. The SMILES string of the molecule is CCOC(=O)c1cc2ccc(CCC(CC)c3ccc(O)c(C)c3)cc2s1. The van der Waals surface area contributed by atoms with E-state index in [1.165, 1.54) is 22.5 Å². The standard InChI is InChI=1S/C23H26O3S/c1-4-17(18-10-11-20(24)15(3)12-18)8-6-16-7-9-19-14-22(23(25)26-5-2)27-21(19)13-16/h7,9-14,17,24H,4-6,8H2,1-3H3. The molecule has 4 heteroatoms. The number of fused-ring (bicyclic) bond motifs is 1. The molecule has 1 atom stereocenters. The lowest BCUT2D eigenvalue weighted by molar-refractivity contribution is 0.0532. The molecule has 27 heavy (non-hydrogen) atoms. The Morgan fingerprint density at radius 3 is 2.67 bits per heavy atom. The number of thiophene rings is 1. The molecule has 1 unspecified atom stereocenters. The molecule has 0 aliphatic heterocycles. The number of benzene rings is 2. The molecule has 3 aromatic rings. The number of aryl methyl sites for hydroxylation is 2. The molecule has 3 rings (SSSR count). The van der Waals surface area contributed by atoms with Crippen LogP contribution in [0, 0.1) is 6.92 Å². The van der Waals surface area contributed by atoms with Gasteiger partial charge in [-0.1, -0.05) is 31.2 Å². The van der Waals surface area contributed by atoms with Crippen LogP contribution < -0.4 is 0 Å². The van der Waals surface area contributed by atoms with E-state index in [9.17, 15) is 9.90 Å². The predicted molar refractivity (Wildman–Crippen MR) is 112 cm³/mol. The van der Waals surface area contributed by atoms with Crippen LogP contribution in [0.4, 0.5) is 0 Å². The molecule has 3 nitrogen and oxygen atoms in total. The van der Waals surface area contributed by atoms with E-state index in [1.807, 2.05) is 26.0 Å². The average Bonchev–Trinajstić information content (AvgIpc) is 3.09. The van der Waals surface area contributed by atoms with Crippen molar-refractivity contribution < 1.29 is 14.6 Å². The molecule has 2 aromatic carbocycles. The Labute approximate surface area is 164 Å². The van der Waals surface area contributed by atoms with Gasteiger partial charge in [-0.2, -0.15) is 0 Å². The lowest BCUT2D eigenvalue weighted by atomic mass is 9.89. The van der Waals surface area contributed by atoms with Crippen LogP contribution in [0.15, 0.2) is 42.5 Å². The van der Waals surface area contributed by atoms with Gasteiger partial charge >= 0.3 is 5.97 Å². The maximum atomic E-state index is 11.9. The van der Waals surface area contributed by atoms with Crippen LogP contribution in [0.3, 0.4) is 0 Å². The lowest BCUT2D eigenvalue weighted by Gasteiger charge is -2.16. The second-order valence-corrected chi connectivity index (χ2v) is 7.98. The van der Waals surface area contributed by atoms with Gasteiger partial charge in [-0.25, -0.2) is 4.79 Å². The maximum Gasteiger partial charge on any atom is 0.348 e. The fourth-order valence-electron chi connectivity index (χ4n) is 3.41. The summed E-state index contributed by atoms with van der Waals surface area (Å²) in [5.74, 6) is 0.585. The number of hydrogen-bond acceptors (Lipinski definition) is 4. The van der Waals surface area contributed by atoms with Crippen LogP contribution in [-0.4, -0.2) is 17.7 Å². The number of phenols is 1. The van der Waals surface area contributed by atoms with Crippen molar-refractivity contribution in [1.82, 2.24) is 0 Å². The zero-order chi connectivity index (χ0) is 19.4. The first-order chi connectivity index (χ1) is 13.0. The van der Waals surface area contributed by atoms with Crippen LogP contribution in [0.5, 0.6) is 5.75 Å². The van der Waals surface area contributed by atoms with Crippen molar-refractivity contribution in [3.05, 3.63) is 64.0 Å². The van der Waals surface area contributed by atoms with Gasteiger partial charge in [-0.15, -0.1) is 11.3 Å². The molecule has 0 saturated carbocycles. The second kappa shape index (κ2) is 8.57. The molecular formula is C23H26O3S. The first-order valence-corrected chi connectivity index (χ1v) is 10.3. The summed E-state index contributed by atoms with van der Waals surface area (Å²) in [4.78, 5) is 12.6. The minimum Gasteiger partial charge on any atom is -0.508 e. The number of rotatable bonds is 7. The van der Waals surface area contributed by atoms with Crippen molar-refractivity contribution in [2.45, 2.75) is 46.0 Å². The van der Waals surface area contributed by atoms with E-state index in [-0.39, 0.29) is 5.97 Å². The Hall–Kier alpha value is -2.33. The van der Waals surface area contributed by atoms with E-state index < -0.39 is 0 Å². The Morgan fingerprint density at radius 2 is 1.96 bits per heavy atom. The summed E-state index contributed by atoms with van der Waals surface area (Å²) in [6, 6.07) is 14.3. The third-order valence-electron chi connectivity index (χ3n) is 5.03. The van der Waals surface area contributed by atoms with Gasteiger partial charge < -0.3 is 9.84 Å². The smallest absolute Gasteiger partial charge is 0.348 e. The quantitative estimate of drug-likeness (QED) is 0.494. The molecule has 0 saturated heterocycles. The number of aromatic hydroxyl groups is 1. The van der Waals surface area contributed by atoms with Crippen LogP contribution in [0.1, 0.15) is 59.0 Å². The van der Waals surface area contributed by atoms with E-state index >= 15 is 0 Å². The van der Waals surface area contributed by atoms with Gasteiger partial charge in [0.25, 0.3) is 0 Å². The lowest BCUT2D eigenvalue weighted by Crippen LogP contribution is -2.01. The number of hydrogen-bond donors (Lipinski definition) is 1. The highest BCUT2D eigenvalue weighted by Gasteiger charge is 2.13. The van der Waals surface area contributed by atoms with Crippen molar-refractivity contribution in [3.8, 4) is 5.75 Å². The highest BCUT2D eigenvalue weighted by atomic mass is 32.1. The van der Waals surface area contributed by atoms with Gasteiger partial charge in [0.2, 0.25) is 0 Å². The van der Waals surface area contributed by atoms with Gasteiger partial charge in [0.05, 0.1) is 6.61 Å². The van der Waals surface area contributed by atoms with Gasteiger partial charge in [0.15, 0.2) is 0 Å². The minimum atomic E-state index is -0.242. The number of carbonyl (C=O) groups excluding carboxylic acids is 1. The second-order valence-electron chi connectivity index (χ2n) is 6.89. The Balaban J connectivity index is 1.73. The van der Waals surface area contributed by atoms with Gasteiger partial charge in [0, 0.05) is 4.70 Å². The fourth-order valence-corrected chi connectivity index (χ4v) is 4.43. The first kappa shape index (κ1) is 19.4. The topological polar surface area (TPSA) is 46.5 Å². The third-order valence-corrected chi connectivity index (χ3v) is 6.11. The highest BCUT2D eigenvalue weighted by molar-refractivity contribution is 7.20. The number of phenolic OH excluding ortho intramolecular Hbond substituents is 1. The Kier molecular flexibility index (Phi) is 6.17. The van der Waals surface area contributed by atoms with Crippen molar-refractivity contribution >= 4 is 27.4 Å². The van der Waals surface area contributed by atoms with E-state index in [2.05, 4.69) is 31.2 Å². The van der Waals surface area contributed by atoms with Gasteiger partial charge in [-0.3, -0.25) is 0 Å². The average molecular weight is 383 g/mol. The van der Waals surface area contributed by atoms with E-state index in [0.29, 0.717) is 23.2 Å². The molecule has 0 spiro atoms. The summed E-state index contributed by atoms with van der Waals surface area (Å²) in [6.07, 6.45) is 3.11. The highest BCUT2D eigenvalue weighted by Crippen LogP contribution is 2.31. The number of ether oxygens (including phenoxy) is 1. The molecular weight excluding hydrogens is 356 g/mol. The van der Waals surface area contributed by atoms with E-state index in [0.717, 1.165) is 34.9 Å². The molecule has 0 radical (unpaired) electrons. The molecule has 142 valence electrons. The first-order valence-electron chi connectivity index (χ1n) is 9.51. The van der Waals surface area contributed by atoms with Crippen molar-refractivity contribution in [3.63, 3.8) is 0 Å². The molecule has 1 heterocycles. The number of carbonyl (C=O) groups is 1. The van der Waals surface area contributed by atoms with Crippen molar-refractivity contribution in [1.29, 1.82) is 0 Å². The van der Waals surface area contributed by atoms with Crippen molar-refractivity contribution in [2.24, 2.45) is 0 Å². The predicted octanol–water partition coefficient (Wildman–Crippen LogP) is 6.22. The van der Waals surface area contributed by atoms with E-state index in [1.54, 1.807) is 6.07 Å². The van der Waals surface area contributed by atoms with Crippen molar-refractivity contribution in [2.75, 3.05) is 6.61 Å². The van der Waals surface area contributed by atoms with Crippen LogP contribution in [0.2, 0.25) is 0 Å². The van der Waals surface area contributed by atoms with Gasteiger partial charge in [0.1, 0.15) is 10.6 Å². The van der Waals surface area contributed by atoms with Crippen LogP contribution in [-0.2, 0) is 11.2 Å². The zero-order valence-corrected chi connectivity index (χ0v) is 16.9. The third kappa shape index (κ3) is 4.51. The molecule has 1 N–H and O–H groups in total. The molecule has 0 bridgehead atoms. The Morgan fingerprint density at radius 1 is 1.15 bits per heavy atom. The summed E-state index contributed by atoms with van der Waals surface area (Å²) in [7, 11) is 0. The molecule has 0 aliphatic rings. The van der Waals surface area contributed by atoms with Crippen LogP contribution in [0.25, 0.3) is 10.1 Å². The number of esters is 1. The van der Waals surface area contributed by atoms with Gasteiger partial charge in [-0.05, 0) is 79.3 Å². The summed E-state index contributed by atoms with van der Waals surface area (Å²) in [5.41, 5.74) is 3.50. The zero-order valence-electron chi connectivity index (χ0n) is 16.1.